The number of rotatable bonds is 4. The van der Waals surface area contributed by atoms with Crippen LogP contribution in [0.1, 0.15) is 41.7 Å². The first kappa shape index (κ1) is 14.5. The average Bonchev–Trinajstić information content (AvgIpc) is 2.42. The maximum Gasteiger partial charge on any atom is 0.105 e. The second-order valence-corrected chi connectivity index (χ2v) is 5.95. The van der Waals surface area contributed by atoms with Gasteiger partial charge >= 0.3 is 0 Å². The third-order valence-corrected chi connectivity index (χ3v) is 4.82. The van der Waals surface area contributed by atoms with Crippen molar-refractivity contribution in [3.63, 3.8) is 0 Å². The molecule has 1 N–H and O–H groups in total. The first-order valence-corrected chi connectivity index (χ1v) is 7.73. The van der Waals surface area contributed by atoms with Gasteiger partial charge in [-0.2, -0.15) is 0 Å². The highest BCUT2D eigenvalue weighted by Gasteiger charge is 2.14. The van der Waals surface area contributed by atoms with Gasteiger partial charge in [0, 0.05) is 3.57 Å². The molecule has 100 valence electrons. The Bertz CT molecular complexity index is 546. The summed E-state index contributed by atoms with van der Waals surface area (Å²) in [4.78, 5) is 0. The zero-order chi connectivity index (χ0) is 13.8. The Morgan fingerprint density at radius 3 is 2.42 bits per heavy atom. The minimum atomic E-state index is -0.539. The van der Waals surface area contributed by atoms with Crippen LogP contribution in [0, 0.1) is 10.5 Å². The lowest BCUT2D eigenvalue weighted by Crippen LogP contribution is -2.03. The molecule has 0 bridgehead atoms. The summed E-state index contributed by atoms with van der Waals surface area (Å²) in [5, 5.41) is 10.5. The first-order chi connectivity index (χ1) is 9.13. The van der Waals surface area contributed by atoms with Crippen LogP contribution in [0.4, 0.5) is 0 Å². The van der Waals surface area contributed by atoms with Gasteiger partial charge in [-0.05, 0) is 58.2 Å². The lowest BCUT2D eigenvalue weighted by molar-refractivity contribution is 0.219. The number of aliphatic hydroxyl groups is 1. The van der Waals surface area contributed by atoms with E-state index < -0.39 is 6.10 Å². The Balaban J connectivity index is 2.28. The maximum atomic E-state index is 10.5. The van der Waals surface area contributed by atoms with Gasteiger partial charge in [0.2, 0.25) is 0 Å². The van der Waals surface area contributed by atoms with Crippen LogP contribution in [0.25, 0.3) is 0 Å². The largest absolute Gasteiger partial charge is 0.384 e. The van der Waals surface area contributed by atoms with E-state index in [-0.39, 0.29) is 0 Å². The van der Waals surface area contributed by atoms with Crippen molar-refractivity contribution in [3.8, 4) is 0 Å². The topological polar surface area (TPSA) is 20.2 Å². The fourth-order valence-electron chi connectivity index (χ4n) is 2.22. The highest BCUT2D eigenvalue weighted by Crippen LogP contribution is 2.28. The molecule has 2 rings (SSSR count). The van der Waals surface area contributed by atoms with E-state index in [0.717, 1.165) is 27.5 Å². The second kappa shape index (κ2) is 6.53. The normalized spacial score (nSPS) is 12.4. The molecule has 2 aromatic rings. The number of hydrogen-bond donors (Lipinski definition) is 1. The summed E-state index contributed by atoms with van der Waals surface area (Å²) in [5.41, 5.74) is 4.49. The van der Waals surface area contributed by atoms with Crippen molar-refractivity contribution in [3.05, 3.63) is 68.3 Å². The van der Waals surface area contributed by atoms with Crippen molar-refractivity contribution < 1.29 is 5.11 Å². The number of aryl methyl sites for hydroxylation is 2. The molecule has 0 saturated heterocycles. The summed E-state index contributed by atoms with van der Waals surface area (Å²) in [6.07, 6.45) is 1.71. The molecule has 0 amide bonds. The third-order valence-electron chi connectivity index (χ3n) is 3.35. The lowest BCUT2D eigenvalue weighted by Gasteiger charge is -2.15. The molecule has 0 aliphatic carbocycles. The Morgan fingerprint density at radius 2 is 1.79 bits per heavy atom. The lowest BCUT2D eigenvalue weighted by atomic mass is 9.98. The van der Waals surface area contributed by atoms with Gasteiger partial charge in [0.05, 0.1) is 0 Å². The zero-order valence-corrected chi connectivity index (χ0v) is 13.5. The molecule has 0 fully saturated rings. The molecular weight excluding hydrogens is 347 g/mol. The summed E-state index contributed by atoms with van der Waals surface area (Å²) in [5.74, 6) is 0. The Hall–Kier alpha value is -0.870. The number of halogens is 1. The molecule has 19 heavy (non-hydrogen) atoms. The summed E-state index contributed by atoms with van der Waals surface area (Å²) >= 11 is 2.31. The van der Waals surface area contributed by atoms with Crippen molar-refractivity contribution >= 4 is 22.6 Å². The molecule has 1 atom stereocenters. The minimum absolute atomic E-state index is 0.539. The summed E-state index contributed by atoms with van der Waals surface area (Å²) < 4.78 is 1.14. The number of hydrogen-bond acceptors (Lipinski definition) is 1. The Morgan fingerprint density at radius 1 is 1.11 bits per heavy atom. The van der Waals surface area contributed by atoms with Crippen molar-refractivity contribution in [2.45, 2.75) is 32.8 Å². The average molecular weight is 366 g/mol. The third kappa shape index (κ3) is 3.37. The van der Waals surface area contributed by atoms with E-state index in [1.807, 2.05) is 24.3 Å². The van der Waals surface area contributed by atoms with Crippen LogP contribution in [-0.2, 0) is 6.42 Å². The van der Waals surface area contributed by atoms with E-state index in [4.69, 9.17) is 0 Å². The van der Waals surface area contributed by atoms with Crippen LogP contribution in [0.2, 0.25) is 0 Å². The molecule has 0 radical (unpaired) electrons. The Kier molecular flexibility index (Phi) is 4.99. The van der Waals surface area contributed by atoms with Crippen LogP contribution < -0.4 is 0 Å². The quantitative estimate of drug-likeness (QED) is 0.782. The molecule has 0 spiro atoms. The molecular formula is C17H19IO. The molecule has 1 nitrogen and oxygen atoms in total. The van der Waals surface area contributed by atoms with E-state index in [1.165, 1.54) is 11.1 Å². The molecule has 0 heterocycles. The van der Waals surface area contributed by atoms with Crippen LogP contribution in [0.5, 0.6) is 0 Å². The van der Waals surface area contributed by atoms with E-state index in [9.17, 15) is 5.11 Å². The standard InChI is InChI=1S/C17H19IO/c1-3-5-13-8-10-14(11-9-13)17(19)15-7-4-6-12(2)16(15)18/h4,6-11,17,19H,3,5H2,1-2H3. The molecule has 0 aliphatic rings. The van der Waals surface area contributed by atoms with Gasteiger partial charge in [-0.1, -0.05) is 55.8 Å². The van der Waals surface area contributed by atoms with Crippen LogP contribution in [-0.4, -0.2) is 5.11 Å². The van der Waals surface area contributed by atoms with Crippen molar-refractivity contribution in [2.75, 3.05) is 0 Å². The van der Waals surface area contributed by atoms with Crippen LogP contribution in [0.3, 0.4) is 0 Å². The van der Waals surface area contributed by atoms with Crippen molar-refractivity contribution in [1.29, 1.82) is 0 Å². The van der Waals surface area contributed by atoms with E-state index in [0.29, 0.717) is 0 Å². The minimum Gasteiger partial charge on any atom is -0.384 e. The highest BCUT2D eigenvalue weighted by atomic mass is 127. The Labute approximate surface area is 128 Å². The molecule has 0 aromatic heterocycles. The molecule has 0 saturated carbocycles. The van der Waals surface area contributed by atoms with E-state index in [1.54, 1.807) is 0 Å². The summed E-state index contributed by atoms with van der Waals surface area (Å²) in [6.45, 7) is 4.25. The van der Waals surface area contributed by atoms with Gasteiger partial charge in [0.1, 0.15) is 6.10 Å². The summed E-state index contributed by atoms with van der Waals surface area (Å²) in [6, 6.07) is 14.4. The predicted molar refractivity (Wildman–Crippen MR) is 88.4 cm³/mol. The fourth-order valence-corrected chi connectivity index (χ4v) is 2.87. The number of benzene rings is 2. The maximum absolute atomic E-state index is 10.5. The summed E-state index contributed by atoms with van der Waals surface area (Å²) in [7, 11) is 0. The number of aliphatic hydroxyl groups excluding tert-OH is 1. The molecule has 0 aliphatic heterocycles. The molecule has 2 aromatic carbocycles. The first-order valence-electron chi connectivity index (χ1n) is 6.65. The van der Waals surface area contributed by atoms with Gasteiger partial charge in [0.15, 0.2) is 0 Å². The van der Waals surface area contributed by atoms with Crippen molar-refractivity contribution in [2.24, 2.45) is 0 Å². The van der Waals surface area contributed by atoms with Gasteiger partial charge in [0.25, 0.3) is 0 Å². The van der Waals surface area contributed by atoms with Crippen LogP contribution in [0.15, 0.2) is 42.5 Å². The van der Waals surface area contributed by atoms with Gasteiger partial charge < -0.3 is 5.11 Å². The fraction of sp³-hybridized carbons (Fsp3) is 0.294. The van der Waals surface area contributed by atoms with Gasteiger partial charge in [-0.25, -0.2) is 0 Å². The zero-order valence-electron chi connectivity index (χ0n) is 11.4. The molecule has 1 unspecified atom stereocenters. The smallest absolute Gasteiger partial charge is 0.105 e. The van der Waals surface area contributed by atoms with E-state index >= 15 is 0 Å². The van der Waals surface area contributed by atoms with Gasteiger partial charge in [-0.15, -0.1) is 0 Å². The SMILES string of the molecule is CCCc1ccc(C(O)c2cccc(C)c2I)cc1. The van der Waals surface area contributed by atoms with Crippen LogP contribution >= 0.6 is 22.6 Å². The predicted octanol–water partition coefficient (Wildman–Crippen LogP) is 4.63. The highest BCUT2D eigenvalue weighted by molar-refractivity contribution is 14.1. The molecule has 2 heteroatoms. The van der Waals surface area contributed by atoms with Gasteiger partial charge in [-0.3, -0.25) is 0 Å². The van der Waals surface area contributed by atoms with Crippen molar-refractivity contribution in [1.82, 2.24) is 0 Å². The second-order valence-electron chi connectivity index (χ2n) is 4.87. The monoisotopic (exact) mass is 366 g/mol. The van der Waals surface area contributed by atoms with E-state index in [2.05, 4.69) is 54.6 Å².